The largest absolute Gasteiger partial charge is 0.469 e. The van der Waals surface area contributed by atoms with Gasteiger partial charge >= 0.3 is 0 Å². The first kappa shape index (κ1) is 17.6. The van der Waals surface area contributed by atoms with Gasteiger partial charge in [0.05, 0.1) is 18.6 Å². The van der Waals surface area contributed by atoms with Crippen molar-refractivity contribution in [2.24, 2.45) is 10.9 Å². The molecule has 3 heterocycles. The molecule has 0 saturated carbocycles. The number of rotatable bonds is 6. The normalized spacial score (nSPS) is 21.5. The van der Waals surface area contributed by atoms with E-state index in [-0.39, 0.29) is 0 Å². The molecular weight excluding hydrogens is 314 g/mol. The first-order valence-electron chi connectivity index (χ1n) is 9.31. The number of likely N-dealkylation sites (tertiary alicyclic amines) is 1. The van der Waals surface area contributed by atoms with Crippen LogP contribution in [0.1, 0.15) is 38.5 Å². The molecule has 1 fully saturated rings. The van der Waals surface area contributed by atoms with E-state index in [2.05, 4.69) is 39.8 Å². The third kappa shape index (κ3) is 4.65. The van der Waals surface area contributed by atoms with Gasteiger partial charge in [-0.15, -0.1) is 0 Å². The Hall–Kier alpha value is -2.24. The molecule has 6 nitrogen and oxygen atoms in total. The molecule has 2 aromatic rings. The maximum absolute atomic E-state index is 5.42. The Morgan fingerprint density at radius 3 is 3.12 bits per heavy atom. The molecule has 1 aliphatic heterocycles. The fourth-order valence-corrected chi connectivity index (χ4v) is 3.33. The average molecular weight is 343 g/mol. The number of aliphatic imine (C=N–C) groups is 1. The second kappa shape index (κ2) is 8.74. The van der Waals surface area contributed by atoms with Crippen molar-refractivity contribution < 1.29 is 4.42 Å². The van der Waals surface area contributed by atoms with Crippen LogP contribution in [0.5, 0.6) is 0 Å². The maximum Gasteiger partial charge on any atom is 0.194 e. The summed E-state index contributed by atoms with van der Waals surface area (Å²) in [7, 11) is 0. The van der Waals surface area contributed by atoms with E-state index in [1.54, 1.807) is 6.26 Å². The Morgan fingerprint density at radius 2 is 2.40 bits per heavy atom. The SMILES string of the molecule is CCCN=C(NCCc1ccco1)N1CCC(C)C(n2ccnc2)C1. The van der Waals surface area contributed by atoms with Crippen LogP contribution in [0.2, 0.25) is 0 Å². The number of nitrogens with one attached hydrogen (secondary N) is 1. The van der Waals surface area contributed by atoms with Gasteiger partial charge in [-0.3, -0.25) is 4.99 Å². The molecule has 3 rings (SSSR count). The smallest absolute Gasteiger partial charge is 0.194 e. The molecule has 136 valence electrons. The Bertz CT molecular complexity index is 635. The number of hydrogen-bond acceptors (Lipinski definition) is 3. The molecule has 0 amide bonds. The van der Waals surface area contributed by atoms with Crippen LogP contribution in [-0.4, -0.2) is 46.6 Å². The third-order valence-electron chi connectivity index (χ3n) is 4.85. The predicted molar refractivity (Wildman–Crippen MR) is 99.6 cm³/mol. The maximum atomic E-state index is 5.42. The van der Waals surface area contributed by atoms with Gasteiger partial charge in [-0.2, -0.15) is 0 Å². The highest BCUT2D eigenvalue weighted by atomic mass is 16.3. The van der Waals surface area contributed by atoms with Gasteiger partial charge in [-0.25, -0.2) is 4.98 Å². The number of aromatic nitrogens is 2. The summed E-state index contributed by atoms with van der Waals surface area (Å²) in [6, 6.07) is 4.39. The van der Waals surface area contributed by atoms with Gasteiger partial charge in [0, 0.05) is 45.0 Å². The summed E-state index contributed by atoms with van der Waals surface area (Å²) >= 11 is 0. The zero-order valence-electron chi connectivity index (χ0n) is 15.3. The first-order valence-corrected chi connectivity index (χ1v) is 9.31. The number of imidazole rings is 1. The number of guanidine groups is 1. The zero-order chi connectivity index (χ0) is 17.5. The van der Waals surface area contributed by atoms with E-state index in [0.717, 1.165) is 57.2 Å². The van der Waals surface area contributed by atoms with Crippen molar-refractivity contribution >= 4 is 5.96 Å². The number of furan rings is 1. The highest BCUT2D eigenvalue weighted by Gasteiger charge is 2.28. The van der Waals surface area contributed by atoms with Crippen LogP contribution in [0.3, 0.4) is 0 Å². The van der Waals surface area contributed by atoms with E-state index in [0.29, 0.717) is 12.0 Å². The lowest BCUT2D eigenvalue weighted by Gasteiger charge is -2.39. The molecule has 1 N–H and O–H groups in total. The van der Waals surface area contributed by atoms with Crippen LogP contribution in [0.25, 0.3) is 0 Å². The monoisotopic (exact) mass is 343 g/mol. The van der Waals surface area contributed by atoms with Crippen molar-refractivity contribution in [1.29, 1.82) is 0 Å². The van der Waals surface area contributed by atoms with Gasteiger partial charge in [-0.1, -0.05) is 13.8 Å². The summed E-state index contributed by atoms with van der Waals surface area (Å²) < 4.78 is 7.65. The van der Waals surface area contributed by atoms with Crippen molar-refractivity contribution in [3.8, 4) is 0 Å². The van der Waals surface area contributed by atoms with Crippen LogP contribution in [0.15, 0.2) is 46.5 Å². The molecule has 1 saturated heterocycles. The molecule has 0 bridgehead atoms. The molecule has 1 aliphatic rings. The summed E-state index contributed by atoms with van der Waals surface area (Å²) in [5.74, 6) is 2.66. The molecule has 2 unspecified atom stereocenters. The van der Waals surface area contributed by atoms with Crippen molar-refractivity contribution in [3.63, 3.8) is 0 Å². The van der Waals surface area contributed by atoms with Gasteiger partial charge in [-0.05, 0) is 30.9 Å². The van der Waals surface area contributed by atoms with Gasteiger partial charge in [0.25, 0.3) is 0 Å². The Labute approximate surface area is 150 Å². The summed E-state index contributed by atoms with van der Waals surface area (Å²) in [5, 5.41) is 3.53. The van der Waals surface area contributed by atoms with Gasteiger partial charge < -0.3 is 19.2 Å². The first-order chi connectivity index (χ1) is 12.3. The zero-order valence-corrected chi connectivity index (χ0v) is 15.3. The number of hydrogen-bond donors (Lipinski definition) is 1. The Morgan fingerprint density at radius 1 is 1.48 bits per heavy atom. The van der Waals surface area contributed by atoms with E-state index in [1.165, 1.54) is 0 Å². The molecule has 0 spiro atoms. The van der Waals surface area contributed by atoms with E-state index in [4.69, 9.17) is 9.41 Å². The summed E-state index contributed by atoms with van der Waals surface area (Å²) in [5.41, 5.74) is 0. The fraction of sp³-hybridized carbons (Fsp3) is 0.579. The number of piperidine rings is 1. The van der Waals surface area contributed by atoms with E-state index >= 15 is 0 Å². The molecule has 2 aromatic heterocycles. The molecule has 6 heteroatoms. The second-order valence-electron chi connectivity index (χ2n) is 6.75. The minimum atomic E-state index is 0.440. The minimum Gasteiger partial charge on any atom is -0.469 e. The van der Waals surface area contributed by atoms with Crippen molar-refractivity contribution in [1.82, 2.24) is 19.8 Å². The minimum absolute atomic E-state index is 0.440. The van der Waals surface area contributed by atoms with Crippen molar-refractivity contribution in [2.45, 2.75) is 39.2 Å². The van der Waals surface area contributed by atoms with Crippen LogP contribution in [-0.2, 0) is 6.42 Å². The second-order valence-corrected chi connectivity index (χ2v) is 6.75. The Balaban J connectivity index is 1.63. The molecule has 2 atom stereocenters. The quantitative estimate of drug-likeness (QED) is 0.647. The van der Waals surface area contributed by atoms with E-state index < -0.39 is 0 Å². The molecular formula is C19H29N5O. The van der Waals surface area contributed by atoms with Crippen molar-refractivity contribution in [2.75, 3.05) is 26.2 Å². The van der Waals surface area contributed by atoms with Crippen LogP contribution in [0.4, 0.5) is 0 Å². The van der Waals surface area contributed by atoms with Crippen LogP contribution >= 0.6 is 0 Å². The fourth-order valence-electron chi connectivity index (χ4n) is 3.33. The predicted octanol–water partition coefficient (Wildman–Crippen LogP) is 2.96. The lowest BCUT2D eigenvalue weighted by atomic mass is 9.93. The molecule has 0 aromatic carbocycles. The number of nitrogens with zero attached hydrogens (tertiary/aromatic N) is 4. The van der Waals surface area contributed by atoms with Crippen molar-refractivity contribution in [3.05, 3.63) is 42.9 Å². The standard InChI is InChI=1S/C19H29N5O/c1-3-8-21-19(22-9-6-17-5-4-13-25-17)23-11-7-16(2)18(14-23)24-12-10-20-15-24/h4-5,10,12-13,15-16,18H,3,6-9,11,14H2,1-2H3,(H,21,22). The highest BCUT2D eigenvalue weighted by Crippen LogP contribution is 2.27. The summed E-state index contributed by atoms with van der Waals surface area (Å²) in [4.78, 5) is 11.4. The highest BCUT2D eigenvalue weighted by molar-refractivity contribution is 5.80. The van der Waals surface area contributed by atoms with Gasteiger partial charge in [0.2, 0.25) is 0 Å². The molecule has 0 radical (unpaired) electrons. The topological polar surface area (TPSA) is 58.6 Å². The van der Waals surface area contributed by atoms with Crippen LogP contribution < -0.4 is 5.32 Å². The van der Waals surface area contributed by atoms with E-state index in [9.17, 15) is 0 Å². The molecule has 25 heavy (non-hydrogen) atoms. The van der Waals surface area contributed by atoms with Crippen LogP contribution in [0, 0.1) is 5.92 Å². The summed E-state index contributed by atoms with van der Waals surface area (Å²) in [6.45, 7) is 8.19. The lowest BCUT2D eigenvalue weighted by Crippen LogP contribution is -2.49. The van der Waals surface area contributed by atoms with E-state index in [1.807, 2.05) is 24.7 Å². The van der Waals surface area contributed by atoms with Gasteiger partial charge in [0.15, 0.2) is 5.96 Å². The average Bonchev–Trinajstić information content (AvgIpc) is 3.32. The Kier molecular flexibility index (Phi) is 6.14. The molecule has 0 aliphatic carbocycles. The third-order valence-corrected chi connectivity index (χ3v) is 4.85. The summed E-state index contributed by atoms with van der Waals surface area (Å²) in [6.07, 6.45) is 10.7. The lowest BCUT2D eigenvalue weighted by molar-refractivity contribution is 0.189. The van der Waals surface area contributed by atoms with Gasteiger partial charge in [0.1, 0.15) is 5.76 Å².